The third-order valence-electron chi connectivity index (χ3n) is 3.16. The maximum atomic E-state index is 3.56. The largest absolute Gasteiger partial charge is 0.314 e. The molecule has 0 bridgehead atoms. The molecule has 0 radical (unpaired) electrons. The zero-order valence-electron chi connectivity index (χ0n) is 10.1. The van der Waals surface area contributed by atoms with Crippen molar-refractivity contribution in [3.05, 3.63) is 0 Å². The number of hydrogen-bond donors (Lipinski definition) is 1. The predicted molar refractivity (Wildman–Crippen MR) is 62.6 cm³/mol. The summed E-state index contributed by atoms with van der Waals surface area (Å²) < 4.78 is 0. The second-order valence-electron chi connectivity index (χ2n) is 4.70. The molecule has 1 saturated carbocycles. The lowest BCUT2D eigenvalue weighted by atomic mass is 10.1. The van der Waals surface area contributed by atoms with Crippen molar-refractivity contribution in [2.45, 2.75) is 58.0 Å². The lowest BCUT2D eigenvalue weighted by Crippen LogP contribution is -2.31. The zero-order chi connectivity index (χ0) is 10.4. The zero-order valence-corrected chi connectivity index (χ0v) is 10.1. The van der Waals surface area contributed by atoms with E-state index in [0.717, 1.165) is 12.1 Å². The van der Waals surface area contributed by atoms with Crippen LogP contribution in [0.3, 0.4) is 0 Å². The SMILES string of the molecule is CCCC(C)N(C)CCCNC1CC1. The molecule has 1 rings (SSSR count). The summed E-state index contributed by atoms with van der Waals surface area (Å²) in [5, 5.41) is 3.56. The van der Waals surface area contributed by atoms with E-state index in [1.165, 1.54) is 45.2 Å². The van der Waals surface area contributed by atoms with Crippen LogP contribution in [0, 0.1) is 0 Å². The van der Waals surface area contributed by atoms with E-state index in [-0.39, 0.29) is 0 Å². The highest BCUT2D eigenvalue weighted by Gasteiger charge is 2.19. The van der Waals surface area contributed by atoms with Gasteiger partial charge in [0.05, 0.1) is 0 Å². The second-order valence-corrected chi connectivity index (χ2v) is 4.70. The standard InChI is InChI=1S/C12H26N2/c1-4-6-11(2)14(3)10-5-9-13-12-7-8-12/h11-13H,4-10H2,1-3H3. The lowest BCUT2D eigenvalue weighted by molar-refractivity contribution is 0.241. The third-order valence-corrected chi connectivity index (χ3v) is 3.16. The van der Waals surface area contributed by atoms with Gasteiger partial charge < -0.3 is 10.2 Å². The first-order valence-corrected chi connectivity index (χ1v) is 6.17. The van der Waals surface area contributed by atoms with Crippen molar-refractivity contribution in [1.82, 2.24) is 10.2 Å². The molecule has 0 aromatic heterocycles. The van der Waals surface area contributed by atoms with Crippen molar-refractivity contribution < 1.29 is 0 Å². The van der Waals surface area contributed by atoms with Crippen LogP contribution in [-0.2, 0) is 0 Å². The molecule has 1 fully saturated rings. The van der Waals surface area contributed by atoms with Gasteiger partial charge in [-0.3, -0.25) is 0 Å². The Kier molecular flexibility index (Phi) is 5.49. The average molecular weight is 198 g/mol. The first-order chi connectivity index (χ1) is 6.74. The molecule has 0 spiro atoms. The van der Waals surface area contributed by atoms with E-state index in [0.29, 0.717) is 0 Å². The van der Waals surface area contributed by atoms with E-state index >= 15 is 0 Å². The molecule has 0 amide bonds. The quantitative estimate of drug-likeness (QED) is 0.602. The van der Waals surface area contributed by atoms with E-state index in [9.17, 15) is 0 Å². The summed E-state index contributed by atoms with van der Waals surface area (Å²) in [4.78, 5) is 2.48. The molecule has 84 valence electrons. The van der Waals surface area contributed by atoms with Crippen LogP contribution < -0.4 is 5.32 Å². The van der Waals surface area contributed by atoms with Gasteiger partial charge in [-0.2, -0.15) is 0 Å². The third kappa shape index (κ3) is 4.97. The van der Waals surface area contributed by atoms with E-state index in [1.807, 2.05) is 0 Å². The van der Waals surface area contributed by atoms with Gasteiger partial charge in [-0.25, -0.2) is 0 Å². The topological polar surface area (TPSA) is 15.3 Å². The number of nitrogens with one attached hydrogen (secondary N) is 1. The van der Waals surface area contributed by atoms with E-state index < -0.39 is 0 Å². The van der Waals surface area contributed by atoms with E-state index in [1.54, 1.807) is 0 Å². The van der Waals surface area contributed by atoms with Gasteiger partial charge in [-0.15, -0.1) is 0 Å². The minimum absolute atomic E-state index is 0.751. The summed E-state index contributed by atoms with van der Waals surface area (Å²) in [7, 11) is 2.25. The molecule has 1 atom stereocenters. The number of nitrogens with zero attached hydrogens (tertiary/aromatic N) is 1. The number of rotatable bonds is 8. The summed E-state index contributed by atoms with van der Waals surface area (Å²) in [6.45, 7) is 7.03. The normalized spacial score (nSPS) is 18.9. The van der Waals surface area contributed by atoms with Crippen LogP contribution in [0.25, 0.3) is 0 Å². The molecular weight excluding hydrogens is 172 g/mol. The van der Waals surface area contributed by atoms with Crippen molar-refractivity contribution in [2.75, 3.05) is 20.1 Å². The lowest BCUT2D eigenvalue weighted by Gasteiger charge is -2.24. The van der Waals surface area contributed by atoms with Crippen LogP contribution in [0.4, 0.5) is 0 Å². The Bertz CT molecular complexity index is 143. The molecule has 1 aliphatic carbocycles. The molecule has 0 aliphatic heterocycles. The molecule has 0 heterocycles. The summed E-state index contributed by atoms with van der Waals surface area (Å²) in [6.07, 6.45) is 6.73. The molecule has 2 heteroatoms. The minimum atomic E-state index is 0.751. The predicted octanol–water partition coefficient (Wildman–Crippen LogP) is 2.25. The van der Waals surface area contributed by atoms with Gasteiger partial charge in [0.25, 0.3) is 0 Å². The van der Waals surface area contributed by atoms with Crippen molar-refractivity contribution in [3.8, 4) is 0 Å². The number of hydrogen-bond acceptors (Lipinski definition) is 2. The average Bonchev–Trinajstić information content (AvgIpc) is 2.96. The molecule has 1 aliphatic rings. The molecule has 0 saturated heterocycles. The summed E-state index contributed by atoms with van der Waals surface area (Å²) in [5.41, 5.74) is 0. The van der Waals surface area contributed by atoms with E-state index in [2.05, 4.69) is 31.1 Å². The van der Waals surface area contributed by atoms with Crippen molar-refractivity contribution >= 4 is 0 Å². The van der Waals surface area contributed by atoms with E-state index in [4.69, 9.17) is 0 Å². The molecule has 2 nitrogen and oxygen atoms in total. The van der Waals surface area contributed by atoms with Gasteiger partial charge in [-0.05, 0) is 52.7 Å². The Morgan fingerprint density at radius 2 is 2.14 bits per heavy atom. The molecule has 14 heavy (non-hydrogen) atoms. The van der Waals surface area contributed by atoms with Crippen molar-refractivity contribution in [1.29, 1.82) is 0 Å². The fraction of sp³-hybridized carbons (Fsp3) is 1.00. The highest BCUT2D eigenvalue weighted by Crippen LogP contribution is 2.18. The van der Waals surface area contributed by atoms with Crippen LogP contribution >= 0.6 is 0 Å². The van der Waals surface area contributed by atoms with Crippen LogP contribution in [0.5, 0.6) is 0 Å². The maximum Gasteiger partial charge on any atom is 0.00682 e. The Labute approximate surface area is 89.1 Å². The molecule has 0 aromatic rings. The van der Waals surface area contributed by atoms with Crippen molar-refractivity contribution in [3.63, 3.8) is 0 Å². The van der Waals surface area contributed by atoms with Gasteiger partial charge in [0.2, 0.25) is 0 Å². The highest BCUT2D eigenvalue weighted by molar-refractivity contribution is 4.80. The van der Waals surface area contributed by atoms with Gasteiger partial charge in [0, 0.05) is 12.1 Å². The van der Waals surface area contributed by atoms with Crippen LogP contribution in [0.15, 0.2) is 0 Å². The van der Waals surface area contributed by atoms with Gasteiger partial charge in [-0.1, -0.05) is 13.3 Å². The Morgan fingerprint density at radius 1 is 1.43 bits per heavy atom. The monoisotopic (exact) mass is 198 g/mol. The Hall–Kier alpha value is -0.0800. The smallest absolute Gasteiger partial charge is 0.00682 e. The summed E-state index contributed by atoms with van der Waals surface area (Å²) >= 11 is 0. The first-order valence-electron chi connectivity index (χ1n) is 6.17. The highest BCUT2D eigenvalue weighted by atomic mass is 15.1. The Morgan fingerprint density at radius 3 is 2.71 bits per heavy atom. The van der Waals surface area contributed by atoms with Crippen LogP contribution in [0.1, 0.15) is 46.0 Å². The molecule has 0 aromatic carbocycles. The molecule has 1 unspecified atom stereocenters. The van der Waals surface area contributed by atoms with Crippen LogP contribution in [0.2, 0.25) is 0 Å². The second kappa shape index (κ2) is 6.41. The molecular formula is C12H26N2. The van der Waals surface area contributed by atoms with Crippen molar-refractivity contribution in [2.24, 2.45) is 0 Å². The van der Waals surface area contributed by atoms with Gasteiger partial charge >= 0.3 is 0 Å². The maximum absolute atomic E-state index is 3.56. The van der Waals surface area contributed by atoms with Gasteiger partial charge in [0.15, 0.2) is 0 Å². The minimum Gasteiger partial charge on any atom is -0.314 e. The van der Waals surface area contributed by atoms with Crippen LogP contribution in [-0.4, -0.2) is 37.1 Å². The summed E-state index contributed by atoms with van der Waals surface area (Å²) in [6, 6.07) is 1.62. The Balaban J connectivity index is 1.92. The van der Waals surface area contributed by atoms with Gasteiger partial charge in [0.1, 0.15) is 0 Å². The molecule has 1 N–H and O–H groups in total. The fourth-order valence-electron chi connectivity index (χ4n) is 1.78. The first kappa shape index (κ1) is 12.0. The fourth-order valence-corrected chi connectivity index (χ4v) is 1.78. The summed E-state index contributed by atoms with van der Waals surface area (Å²) in [5.74, 6) is 0.